The van der Waals surface area contributed by atoms with Gasteiger partial charge in [0.1, 0.15) is 0 Å². The molecule has 0 saturated heterocycles. The highest BCUT2D eigenvalue weighted by Gasteiger charge is 2.12. The molecule has 0 bridgehead atoms. The van der Waals surface area contributed by atoms with E-state index in [2.05, 4.69) is 17.2 Å². The highest BCUT2D eigenvalue weighted by molar-refractivity contribution is 5.92. The maximum atomic E-state index is 12.0. The minimum Gasteiger partial charge on any atom is -0.325 e. The van der Waals surface area contributed by atoms with Crippen molar-refractivity contribution in [1.29, 1.82) is 0 Å². The average Bonchev–Trinajstić information content (AvgIpc) is 2.54. The predicted octanol–water partition coefficient (Wildman–Crippen LogP) is 3.98. The Labute approximate surface area is 140 Å². The Morgan fingerprint density at radius 2 is 1.88 bits per heavy atom. The van der Waals surface area contributed by atoms with Crippen molar-refractivity contribution in [2.45, 2.75) is 20.3 Å². The van der Waals surface area contributed by atoms with Crippen molar-refractivity contribution >= 4 is 17.3 Å². The van der Waals surface area contributed by atoms with E-state index < -0.39 is 4.92 Å². The number of carbonyl (C=O) groups is 1. The van der Waals surface area contributed by atoms with Crippen molar-refractivity contribution < 1.29 is 9.72 Å². The van der Waals surface area contributed by atoms with Gasteiger partial charge in [0.25, 0.3) is 5.69 Å². The van der Waals surface area contributed by atoms with Gasteiger partial charge in [-0.15, -0.1) is 0 Å². The minimum atomic E-state index is -0.479. The number of carbonyl (C=O) groups excluding carboxylic acids is 1. The lowest BCUT2D eigenvalue weighted by atomic mass is 10.1. The first kappa shape index (κ1) is 17.2. The zero-order chi connectivity index (χ0) is 17.5. The van der Waals surface area contributed by atoms with Gasteiger partial charge in [0, 0.05) is 24.1 Å². The summed E-state index contributed by atoms with van der Waals surface area (Å²) in [6.07, 6.45) is 0.378. The van der Waals surface area contributed by atoms with Crippen LogP contribution in [0.4, 0.5) is 11.4 Å². The maximum Gasteiger partial charge on any atom is 0.270 e. The standard InChI is InChI=1S/C19H18N2O3/c1-14(2)12-19(22)20-18-11-10-17(21(23)24)13-16(18)9-8-15-6-4-3-5-7-15/h3-7,10-11,13-14H,12H2,1-2H3,(H,20,22). The van der Waals surface area contributed by atoms with E-state index in [1.54, 1.807) is 0 Å². The molecule has 2 rings (SSSR count). The van der Waals surface area contributed by atoms with E-state index in [0.717, 1.165) is 5.56 Å². The van der Waals surface area contributed by atoms with Crippen LogP contribution in [0.3, 0.4) is 0 Å². The smallest absolute Gasteiger partial charge is 0.270 e. The Kier molecular flexibility index (Phi) is 5.69. The molecule has 0 unspecified atom stereocenters. The number of hydrogen-bond acceptors (Lipinski definition) is 3. The summed E-state index contributed by atoms with van der Waals surface area (Å²) in [6, 6.07) is 13.6. The molecule has 0 radical (unpaired) electrons. The molecule has 0 atom stereocenters. The van der Waals surface area contributed by atoms with Crippen molar-refractivity contribution in [2.75, 3.05) is 5.32 Å². The molecule has 122 valence electrons. The number of hydrogen-bond donors (Lipinski definition) is 1. The van der Waals surface area contributed by atoms with Crippen LogP contribution in [-0.2, 0) is 4.79 Å². The second kappa shape index (κ2) is 7.93. The van der Waals surface area contributed by atoms with Gasteiger partial charge < -0.3 is 5.32 Å². The predicted molar refractivity (Wildman–Crippen MR) is 93.6 cm³/mol. The molecule has 1 amide bonds. The van der Waals surface area contributed by atoms with E-state index in [1.807, 2.05) is 44.2 Å². The summed E-state index contributed by atoms with van der Waals surface area (Å²) in [5.41, 5.74) is 1.64. The third-order valence-corrected chi connectivity index (χ3v) is 3.20. The summed E-state index contributed by atoms with van der Waals surface area (Å²) < 4.78 is 0. The third kappa shape index (κ3) is 4.96. The lowest BCUT2D eigenvalue weighted by molar-refractivity contribution is -0.384. The Hall–Kier alpha value is -3.13. The molecule has 24 heavy (non-hydrogen) atoms. The zero-order valence-corrected chi connectivity index (χ0v) is 13.6. The minimum absolute atomic E-state index is 0.0609. The number of nitro benzene ring substituents is 1. The maximum absolute atomic E-state index is 12.0. The van der Waals surface area contributed by atoms with Crippen molar-refractivity contribution in [1.82, 2.24) is 0 Å². The second-order valence-electron chi connectivity index (χ2n) is 5.75. The molecule has 0 saturated carbocycles. The molecule has 0 aliphatic heterocycles. The topological polar surface area (TPSA) is 72.2 Å². The zero-order valence-electron chi connectivity index (χ0n) is 13.6. The van der Waals surface area contributed by atoms with Crippen LogP contribution in [0.5, 0.6) is 0 Å². The molecular formula is C19H18N2O3. The van der Waals surface area contributed by atoms with Crippen molar-refractivity contribution in [3.8, 4) is 11.8 Å². The summed E-state index contributed by atoms with van der Waals surface area (Å²) in [4.78, 5) is 22.5. The summed E-state index contributed by atoms with van der Waals surface area (Å²) in [5.74, 6) is 5.96. The van der Waals surface area contributed by atoms with Crippen molar-refractivity contribution in [3.63, 3.8) is 0 Å². The number of rotatable bonds is 4. The van der Waals surface area contributed by atoms with Crippen molar-refractivity contribution in [2.24, 2.45) is 5.92 Å². The quantitative estimate of drug-likeness (QED) is 0.526. The Bertz CT molecular complexity index is 802. The lowest BCUT2D eigenvalue weighted by Crippen LogP contribution is -2.14. The first-order valence-electron chi connectivity index (χ1n) is 7.61. The van der Waals surface area contributed by atoms with Crippen LogP contribution in [0, 0.1) is 27.9 Å². The van der Waals surface area contributed by atoms with Gasteiger partial charge in [0.15, 0.2) is 0 Å². The molecule has 0 heterocycles. The first-order valence-corrected chi connectivity index (χ1v) is 7.61. The van der Waals surface area contributed by atoms with Gasteiger partial charge >= 0.3 is 0 Å². The molecular weight excluding hydrogens is 304 g/mol. The van der Waals surface area contributed by atoms with Crippen LogP contribution < -0.4 is 5.32 Å². The second-order valence-corrected chi connectivity index (χ2v) is 5.75. The molecule has 0 aliphatic carbocycles. The summed E-state index contributed by atoms with van der Waals surface area (Å²) in [7, 11) is 0. The van der Waals surface area contributed by atoms with E-state index in [-0.39, 0.29) is 17.5 Å². The number of nitrogens with one attached hydrogen (secondary N) is 1. The first-order chi connectivity index (χ1) is 11.5. The van der Waals surface area contributed by atoms with Crippen LogP contribution in [0.2, 0.25) is 0 Å². The number of non-ortho nitro benzene ring substituents is 1. The number of benzene rings is 2. The fourth-order valence-electron chi connectivity index (χ4n) is 2.09. The highest BCUT2D eigenvalue weighted by Crippen LogP contribution is 2.22. The van der Waals surface area contributed by atoms with E-state index >= 15 is 0 Å². The van der Waals surface area contributed by atoms with Gasteiger partial charge in [-0.1, -0.05) is 43.9 Å². The van der Waals surface area contributed by atoms with E-state index in [1.165, 1.54) is 18.2 Å². The van der Waals surface area contributed by atoms with E-state index in [9.17, 15) is 14.9 Å². The van der Waals surface area contributed by atoms with Gasteiger partial charge in [0.05, 0.1) is 16.2 Å². The number of nitro groups is 1. The molecule has 2 aromatic rings. The molecule has 0 fully saturated rings. The van der Waals surface area contributed by atoms with E-state index in [0.29, 0.717) is 17.7 Å². The van der Waals surface area contributed by atoms with Gasteiger partial charge in [0.2, 0.25) is 5.91 Å². The van der Waals surface area contributed by atoms with Crippen LogP contribution in [0.25, 0.3) is 0 Å². The molecule has 0 aliphatic rings. The fraction of sp³-hybridized carbons (Fsp3) is 0.211. The normalized spacial score (nSPS) is 9.96. The lowest BCUT2D eigenvalue weighted by Gasteiger charge is -2.09. The monoisotopic (exact) mass is 322 g/mol. The van der Waals surface area contributed by atoms with Crippen LogP contribution >= 0.6 is 0 Å². The Balaban J connectivity index is 2.35. The van der Waals surface area contributed by atoms with E-state index in [4.69, 9.17) is 0 Å². The van der Waals surface area contributed by atoms with Crippen LogP contribution in [0.1, 0.15) is 31.4 Å². The van der Waals surface area contributed by atoms with Gasteiger partial charge in [-0.25, -0.2) is 0 Å². The van der Waals surface area contributed by atoms with Gasteiger partial charge in [-0.05, 0) is 24.1 Å². The van der Waals surface area contributed by atoms with Crippen LogP contribution in [-0.4, -0.2) is 10.8 Å². The highest BCUT2D eigenvalue weighted by atomic mass is 16.6. The van der Waals surface area contributed by atoms with Gasteiger partial charge in [-0.2, -0.15) is 0 Å². The number of amides is 1. The number of nitrogens with zero attached hydrogens (tertiary/aromatic N) is 1. The van der Waals surface area contributed by atoms with Gasteiger partial charge in [-0.3, -0.25) is 14.9 Å². The molecule has 2 aromatic carbocycles. The molecule has 1 N–H and O–H groups in total. The molecule has 5 heteroatoms. The summed E-state index contributed by atoms with van der Waals surface area (Å²) in [6.45, 7) is 3.90. The Morgan fingerprint density at radius 3 is 2.50 bits per heavy atom. The number of anilines is 1. The molecule has 5 nitrogen and oxygen atoms in total. The average molecular weight is 322 g/mol. The SMILES string of the molecule is CC(C)CC(=O)Nc1ccc([N+](=O)[O-])cc1C#Cc1ccccc1. The molecule has 0 spiro atoms. The largest absolute Gasteiger partial charge is 0.325 e. The third-order valence-electron chi connectivity index (χ3n) is 3.20. The fourth-order valence-corrected chi connectivity index (χ4v) is 2.09. The van der Waals surface area contributed by atoms with Crippen LogP contribution in [0.15, 0.2) is 48.5 Å². The molecule has 0 aromatic heterocycles. The summed E-state index contributed by atoms with van der Waals surface area (Å²) >= 11 is 0. The van der Waals surface area contributed by atoms with Crippen molar-refractivity contribution in [3.05, 3.63) is 69.8 Å². The Morgan fingerprint density at radius 1 is 1.17 bits per heavy atom. The summed E-state index contributed by atoms with van der Waals surface area (Å²) in [5, 5.41) is 13.8.